The molecule has 0 amide bonds. The van der Waals surface area contributed by atoms with E-state index in [1.165, 1.54) is 6.42 Å². The monoisotopic (exact) mass is 155 g/mol. The van der Waals surface area contributed by atoms with Gasteiger partial charge < -0.3 is 0 Å². The van der Waals surface area contributed by atoms with Crippen LogP contribution in [-0.4, -0.2) is 6.04 Å². The first-order valence-corrected chi connectivity index (χ1v) is 4.30. The highest BCUT2D eigenvalue weighted by Gasteiger charge is 2.11. The molecule has 0 aromatic carbocycles. The summed E-state index contributed by atoms with van der Waals surface area (Å²) >= 11 is 0. The zero-order chi connectivity index (χ0) is 8.69. The van der Waals surface area contributed by atoms with Crippen LogP contribution in [0.2, 0.25) is 0 Å². The number of azide groups is 1. The van der Waals surface area contributed by atoms with Gasteiger partial charge in [-0.3, -0.25) is 0 Å². The molecule has 0 heterocycles. The molecule has 0 fully saturated rings. The van der Waals surface area contributed by atoms with Crippen LogP contribution < -0.4 is 0 Å². The minimum atomic E-state index is 0.194. The summed E-state index contributed by atoms with van der Waals surface area (Å²) in [6.45, 7) is 6.36. The van der Waals surface area contributed by atoms with E-state index < -0.39 is 0 Å². The van der Waals surface area contributed by atoms with Gasteiger partial charge in [0, 0.05) is 11.0 Å². The summed E-state index contributed by atoms with van der Waals surface area (Å²) in [6.07, 6.45) is 3.27. The zero-order valence-corrected chi connectivity index (χ0v) is 7.62. The molecule has 0 aliphatic carbocycles. The Morgan fingerprint density at radius 2 is 2.09 bits per heavy atom. The van der Waals surface area contributed by atoms with E-state index in [9.17, 15) is 0 Å². The van der Waals surface area contributed by atoms with Crippen LogP contribution in [0.15, 0.2) is 5.11 Å². The van der Waals surface area contributed by atoms with Gasteiger partial charge in [-0.1, -0.05) is 38.7 Å². The number of hydrogen-bond acceptors (Lipinski definition) is 1. The van der Waals surface area contributed by atoms with Crippen LogP contribution >= 0.6 is 0 Å². The molecule has 0 aromatic heterocycles. The topological polar surface area (TPSA) is 48.8 Å². The first-order chi connectivity index (χ1) is 5.26. The van der Waals surface area contributed by atoms with Gasteiger partial charge in [-0.15, -0.1) is 0 Å². The Labute approximate surface area is 68.4 Å². The van der Waals surface area contributed by atoms with E-state index in [0.717, 1.165) is 12.8 Å². The Bertz CT molecular complexity index is 138. The molecular weight excluding hydrogens is 138 g/mol. The summed E-state index contributed by atoms with van der Waals surface area (Å²) in [7, 11) is 0. The summed E-state index contributed by atoms with van der Waals surface area (Å²) in [5.41, 5.74) is 8.24. The van der Waals surface area contributed by atoms with Gasteiger partial charge in [-0.05, 0) is 17.9 Å². The van der Waals surface area contributed by atoms with Crippen LogP contribution in [0.3, 0.4) is 0 Å². The largest absolute Gasteiger partial charge is 0.0904 e. The number of nitrogens with zero attached hydrogens (tertiary/aromatic N) is 3. The predicted octanol–water partition coefficient (Wildman–Crippen LogP) is 3.51. The van der Waals surface area contributed by atoms with E-state index in [2.05, 4.69) is 30.8 Å². The Balaban J connectivity index is 3.90. The molecule has 0 spiro atoms. The van der Waals surface area contributed by atoms with Crippen molar-refractivity contribution in [1.29, 1.82) is 0 Å². The van der Waals surface area contributed by atoms with Gasteiger partial charge in [0.25, 0.3) is 0 Å². The molecule has 0 rings (SSSR count). The van der Waals surface area contributed by atoms with Gasteiger partial charge >= 0.3 is 0 Å². The smallest absolute Gasteiger partial charge is 0.0397 e. The van der Waals surface area contributed by atoms with Crippen LogP contribution in [-0.2, 0) is 0 Å². The summed E-state index contributed by atoms with van der Waals surface area (Å²) in [5.74, 6) is 0.529. The van der Waals surface area contributed by atoms with Crippen molar-refractivity contribution in [3.63, 3.8) is 0 Å². The Hall–Kier alpha value is -0.690. The van der Waals surface area contributed by atoms with E-state index >= 15 is 0 Å². The van der Waals surface area contributed by atoms with Gasteiger partial charge in [0.05, 0.1) is 0 Å². The molecule has 0 saturated carbocycles. The molecular formula is C8H17N3. The second kappa shape index (κ2) is 6.05. The molecule has 64 valence electrons. The van der Waals surface area contributed by atoms with Crippen LogP contribution in [0.1, 0.15) is 40.0 Å². The fourth-order valence-electron chi connectivity index (χ4n) is 1.31. The molecule has 0 saturated heterocycles. The Morgan fingerprint density at radius 3 is 2.45 bits per heavy atom. The SMILES string of the molecule is CCCC(C)C(CC)N=[N+]=[N-]. The first kappa shape index (κ1) is 10.3. The number of hydrogen-bond donors (Lipinski definition) is 0. The Morgan fingerprint density at radius 1 is 1.45 bits per heavy atom. The third kappa shape index (κ3) is 3.89. The van der Waals surface area contributed by atoms with Crippen molar-refractivity contribution in [3.8, 4) is 0 Å². The molecule has 0 bridgehead atoms. The lowest BCUT2D eigenvalue weighted by Gasteiger charge is -2.16. The van der Waals surface area contributed by atoms with Gasteiger partial charge in [0.2, 0.25) is 0 Å². The van der Waals surface area contributed by atoms with Crippen molar-refractivity contribution >= 4 is 0 Å². The first-order valence-electron chi connectivity index (χ1n) is 4.30. The van der Waals surface area contributed by atoms with Crippen molar-refractivity contribution < 1.29 is 0 Å². The predicted molar refractivity (Wildman–Crippen MR) is 47.3 cm³/mol. The van der Waals surface area contributed by atoms with Crippen molar-refractivity contribution in [2.45, 2.75) is 46.1 Å². The molecule has 2 unspecified atom stereocenters. The molecule has 2 atom stereocenters. The lowest BCUT2D eigenvalue weighted by molar-refractivity contribution is 0.412. The van der Waals surface area contributed by atoms with Crippen LogP contribution in [0, 0.1) is 5.92 Å². The summed E-state index contributed by atoms with van der Waals surface area (Å²) in [4.78, 5) is 2.84. The molecule has 3 nitrogen and oxygen atoms in total. The maximum Gasteiger partial charge on any atom is 0.0397 e. The van der Waals surface area contributed by atoms with Crippen LogP contribution in [0.4, 0.5) is 0 Å². The summed E-state index contributed by atoms with van der Waals surface area (Å²) in [6, 6.07) is 0.194. The van der Waals surface area contributed by atoms with Gasteiger partial charge in [0.1, 0.15) is 0 Å². The molecule has 0 radical (unpaired) electrons. The highest BCUT2D eigenvalue weighted by atomic mass is 15.1. The van der Waals surface area contributed by atoms with E-state index in [0.29, 0.717) is 5.92 Å². The van der Waals surface area contributed by atoms with Gasteiger partial charge in [-0.2, -0.15) is 0 Å². The standard InChI is InChI=1S/C8H17N3/c1-4-6-7(3)8(5-2)10-11-9/h7-8H,4-6H2,1-3H3. The highest BCUT2D eigenvalue weighted by Crippen LogP contribution is 2.16. The number of rotatable bonds is 5. The molecule has 3 heteroatoms. The molecule has 11 heavy (non-hydrogen) atoms. The highest BCUT2D eigenvalue weighted by molar-refractivity contribution is 4.71. The van der Waals surface area contributed by atoms with E-state index in [-0.39, 0.29) is 6.04 Å². The lowest BCUT2D eigenvalue weighted by atomic mass is 9.96. The Kier molecular flexibility index (Phi) is 5.67. The van der Waals surface area contributed by atoms with E-state index in [4.69, 9.17) is 5.53 Å². The van der Waals surface area contributed by atoms with Gasteiger partial charge in [-0.25, -0.2) is 0 Å². The molecule has 0 aromatic rings. The third-order valence-electron chi connectivity index (χ3n) is 2.02. The maximum absolute atomic E-state index is 8.24. The molecule has 0 N–H and O–H groups in total. The van der Waals surface area contributed by atoms with E-state index in [1.54, 1.807) is 0 Å². The van der Waals surface area contributed by atoms with Crippen molar-refractivity contribution in [2.24, 2.45) is 11.0 Å². The van der Waals surface area contributed by atoms with Crippen LogP contribution in [0.5, 0.6) is 0 Å². The third-order valence-corrected chi connectivity index (χ3v) is 2.02. The average Bonchev–Trinajstić information content (AvgIpc) is 2.00. The minimum absolute atomic E-state index is 0.194. The van der Waals surface area contributed by atoms with Crippen molar-refractivity contribution in [3.05, 3.63) is 10.4 Å². The molecule has 0 aliphatic heterocycles. The zero-order valence-electron chi connectivity index (χ0n) is 7.62. The summed E-state index contributed by atoms with van der Waals surface area (Å²) < 4.78 is 0. The summed E-state index contributed by atoms with van der Waals surface area (Å²) in [5, 5.41) is 3.74. The van der Waals surface area contributed by atoms with Crippen LogP contribution in [0.25, 0.3) is 10.4 Å². The fraction of sp³-hybridized carbons (Fsp3) is 1.00. The maximum atomic E-state index is 8.24. The van der Waals surface area contributed by atoms with E-state index in [1.807, 2.05) is 0 Å². The average molecular weight is 155 g/mol. The normalized spacial score (nSPS) is 15.2. The second-order valence-corrected chi connectivity index (χ2v) is 2.95. The molecule has 0 aliphatic rings. The fourth-order valence-corrected chi connectivity index (χ4v) is 1.31. The van der Waals surface area contributed by atoms with Crippen molar-refractivity contribution in [1.82, 2.24) is 0 Å². The lowest BCUT2D eigenvalue weighted by Crippen LogP contribution is -2.13. The van der Waals surface area contributed by atoms with Crippen molar-refractivity contribution in [2.75, 3.05) is 0 Å². The minimum Gasteiger partial charge on any atom is -0.0904 e. The van der Waals surface area contributed by atoms with Gasteiger partial charge in [0.15, 0.2) is 0 Å². The second-order valence-electron chi connectivity index (χ2n) is 2.95. The quantitative estimate of drug-likeness (QED) is 0.331.